The average Bonchev–Trinajstić information content (AvgIpc) is 2.74. The molecule has 0 saturated carbocycles. The van der Waals surface area contributed by atoms with Crippen LogP contribution in [0.3, 0.4) is 0 Å². The fourth-order valence-electron chi connectivity index (χ4n) is 2.97. The molecule has 156 valence electrons. The number of amides is 1. The molecule has 0 spiro atoms. The molecular weight excluding hydrogens is 441 g/mol. The van der Waals surface area contributed by atoms with Crippen LogP contribution in [-0.4, -0.2) is 68.9 Å². The summed E-state index contributed by atoms with van der Waals surface area (Å²) in [6, 6.07) is 7.57. The number of benzene rings is 1. The first-order chi connectivity index (χ1) is 13.8. The normalized spacial score (nSPS) is 15.2. The molecular formula is C18H19Cl2N3O5S. The van der Waals surface area contributed by atoms with E-state index in [0.717, 1.165) is 0 Å². The predicted molar refractivity (Wildman–Crippen MR) is 108 cm³/mol. The Balaban J connectivity index is 1.78. The summed E-state index contributed by atoms with van der Waals surface area (Å²) in [5.74, 6) is 0.229. The lowest BCUT2D eigenvalue weighted by Crippen LogP contribution is -2.50. The van der Waals surface area contributed by atoms with Crippen LogP contribution >= 0.6 is 23.2 Å². The number of carbonyl (C=O) groups is 1. The number of carbonyl (C=O) groups excluding carboxylic acids is 1. The zero-order valence-electron chi connectivity index (χ0n) is 15.8. The minimum absolute atomic E-state index is 0.0127. The van der Waals surface area contributed by atoms with Gasteiger partial charge in [-0.3, -0.25) is 4.79 Å². The highest BCUT2D eigenvalue weighted by Crippen LogP contribution is 2.31. The van der Waals surface area contributed by atoms with Crippen molar-refractivity contribution in [3.8, 4) is 11.5 Å². The molecule has 11 heteroatoms. The van der Waals surface area contributed by atoms with Gasteiger partial charge in [0.1, 0.15) is 27.2 Å². The Bertz CT molecular complexity index is 1020. The van der Waals surface area contributed by atoms with Gasteiger partial charge in [0.15, 0.2) is 0 Å². The Hall–Kier alpha value is -2.07. The van der Waals surface area contributed by atoms with Gasteiger partial charge in [-0.25, -0.2) is 13.4 Å². The van der Waals surface area contributed by atoms with Gasteiger partial charge >= 0.3 is 0 Å². The summed E-state index contributed by atoms with van der Waals surface area (Å²) >= 11 is 11.9. The van der Waals surface area contributed by atoms with Gasteiger partial charge in [-0.1, -0.05) is 23.2 Å². The number of sulfonamides is 1. The average molecular weight is 460 g/mol. The first-order valence-electron chi connectivity index (χ1n) is 8.61. The van der Waals surface area contributed by atoms with Crippen LogP contribution in [0.1, 0.15) is 10.5 Å². The molecule has 1 fully saturated rings. The van der Waals surface area contributed by atoms with Gasteiger partial charge in [-0.05, 0) is 24.3 Å². The Labute approximate surface area is 179 Å². The molecule has 1 amide bonds. The number of nitrogens with zero attached hydrogens (tertiary/aromatic N) is 3. The van der Waals surface area contributed by atoms with E-state index in [4.69, 9.17) is 32.7 Å². The molecule has 2 heterocycles. The molecule has 0 radical (unpaired) electrons. The van der Waals surface area contributed by atoms with E-state index in [0.29, 0.717) is 5.75 Å². The van der Waals surface area contributed by atoms with E-state index >= 15 is 0 Å². The van der Waals surface area contributed by atoms with Gasteiger partial charge in [-0.15, -0.1) is 0 Å². The lowest BCUT2D eigenvalue weighted by Gasteiger charge is -2.34. The molecule has 1 aliphatic rings. The summed E-state index contributed by atoms with van der Waals surface area (Å²) in [5.41, 5.74) is 0.0462. The Morgan fingerprint density at radius 1 is 1.03 bits per heavy atom. The summed E-state index contributed by atoms with van der Waals surface area (Å²) in [7, 11) is -0.981. The Morgan fingerprint density at radius 3 is 2.34 bits per heavy atom. The molecule has 1 saturated heterocycles. The number of pyridine rings is 1. The zero-order chi connectivity index (χ0) is 21.2. The molecule has 0 aliphatic carbocycles. The molecule has 0 atom stereocenters. The first-order valence-corrected chi connectivity index (χ1v) is 10.8. The third-order valence-corrected chi connectivity index (χ3v) is 6.96. The topological polar surface area (TPSA) is 89.0 Å². The number of ether oxygens (including phenoxy) is 2. The van der Waals surface area contributed by atoms with E-state index in [1.54, 1.807) is 6.07 Å². The maximum atomic E-state index is 13.1. The quantitative estimate of drug-likeness (QED) is 0.638. The molecule has 0 bridgehead atoms. The maximum absolute atomic E-state index is 13.1. The lowest BCUT2D eigenvalue weighted by atomic mass is 10.3. The van der Waals surface area contributed by atoms with Crippen molar-refractivity contribution in [3.63, 3.8) is 0 Å². The number of hydrogen-bond donors (Lipinski definition) is 0. The molecule has 1 aliphatic heterocycles. The lowest BCUT2D eigenvalue weighted by molar-refractivity contribution is 0.0692. The molecule has 1 aromatic heterocycles. The number of halogens is 2. The van der Waals surface area contributed by atoms with Crippen molar-refractivity contribution in [2.45, 2.75) is 4.90 Å². The number of hydrogen-bond acceptors (Lipinski definition) is 6. The highest BCUT2D eigenvalue weighted by Gasteiger charge is 2.33. The second-order valence-corrected chi connectivity index (χ2v) is 8.88. The number of methoxy groups -OCH3 is 2. The van der Waals surface area contributed by atoms with Crippen molar-refractivity contribution < 1.29 is 22.7 Å². The fourth-order valence-corrected chi connectivity index (χ4v) is 4.90. The Morgan fingerprint density at radius 2 is 1.72 bits per heavy atom. The number of rotatable bonds is 5. The van der Waals surface area contributed by atoms with Crippen LogP contribution < -0.4 is 9.47 Å². The zero-order valence-corrected chi connectivity index (χ0v) is 18.1. The van der Waals surface area contributed by atoms with Crippen LogP contribution in [-0.2, 0) is 10.0 Å². The van der Waals surface area contributed by atoms with Crippen molar-refractivity contribution in [2.24, 2.45) is 0 Å². The molecule has 2 aromatic rings. The predicted octanol–water partition coefficient (Wildman–Crippen LogP) is 2.55. The first kappa shape index (κ1) is 21.6. The van der Waals surface area contributed by atoms with Crippen molar-refractivity contribution in [1.82, 2.24) is 14.2 Å². The van der Waals surface area contributed by atoms with Crippen LogP contribution in [0.4, 0.5) is 0 Å². The molecule has 3 rings (SSSR count). The van der Waals surface area contributed by atoms with Crippen LogP contribution in [0.5, 0.6) is 11.5 Å². The van der Waals surface area contributed by atoms with E-state index in [2.05, 4.69) is 4.98 Å². The summed E-state index contributed by atoms with van der Waals surface area (Å²) in [5, 5.41) is 0.347. The van der Waals surface area contributed by atoms with Gasteiger partial charge in [0.25, 0.3) is 5.91 Å². The van der Waals surface area contributed by atoms with Crippen LogP contribution in [0.25, 0.3) is 0 Å². The van der Waals surface area contributed by atoms with Crippen molar-refractivity contribution >= 4 is 39.1 Å². The Kier molecular flexibility index (Phi) is 6.52. The van der Waals surface area contributed by atoms with Crippen molar-refractivity contribution in [3.05, 3.63) is 46.2 Å². The highest BCUT2D eigenvalue weighted by atomic mass is 35.5. The largest absolute Gasteiger partial charge is 0.497 e. The summed E-state index contributed by atoms with van der Waals surface area (Å²) in [6.07, 6.45) is 0. The molecule has 29 heavy (non-hydrogen) atoms. The smallest absolute Gasteiger partial charge is 0.274 e. The van der Waals surface area contributed by atoms with Gasteiger partial charge in [0, 0.05) is 32.2 Å². The fraction of sp³-hybridized carbons (Fsp3) is 0.333. The second-order valence-electron chi connectivity index (χ2n) is 6.18. The SMILES string of the molecule is COc1ccc(OC)c(S(=O)(=O)N2CCN(C(=O)c3nc(Cl)ccc3Cl)CC2)c1. The van der Waals surface area contributed by atoms with E-state index in [9.17, 15) is 13.2 Å². The van der Waals surface area contributed by atoms with Crippen molar-refractivity contribution in [1.29, 1.82) is 0 Å². The van der Waals surface area contributed by atoms with E-state index in [1.807, 2.05) is 0 Å². The third-order valence-electron chi connectivity index (χ3n) is 4.53. The third kappa shape index (κ3) is 4.42. The van der Waals surface area contributed by atoms with Gasteiger partial charge in [0.2, 0.25) is 10.0 Å². The van der Waals surface area contributed by atoms with E-state index in [1.165, 1.54) is 47.7 Å². The standard InChI is InChI=1S/C18H19Cl2N3O5S/c1-27-12-3-5-14(28-2)15(11-12)29(25,26)23-9-7-22(8-10-23)18(24)17-13(19)4-6-16(20)21-17/h3-6,11H,7-10H2,1-2H3. The van der Waals surface area contributed by atoms with Gasteiger partial charge in [-0.2, -0.15) is 4.31 Å². The number of aromatic nitrogens is 1. The number of piperazine rings is 1. The minimum atomic E-state index is -3.84. The van der Waals surface area contributed by atoms with Crippen molar-refractivity contribution in [2.75, 3.05) is 40.4 Å². The molecule has 1 aromatic carbocycles. The molecule has 0 unspecified atom stereocenters. The summed E-state index contributed by atoms with van der Waals surface area (Å²) in [4.78, 5) is 18.2. The maximum Gasteiger partial charge on any atom is 0.274 e. The van der Waals surface area contributed by atoms with Crippen LogP contribution in [0.2, 0.25) is 10.2 Å². The van der Waals surface area contributed by atoms with Gasteiger partial charge < -0.3 is 14.4 Å². The molecule has 0 N–H and O–H groups in total. The van der Waals surface area contributed by atoms with Gasteiger partial charge in [0.05, 0.1) is 19.2 Å². The van der Waals surface area contributed by atoms with E-state index in [-0.39, 0.29) is 52.7 Å². The highest BCUT2D eigenvalue weighted by molar-refractivity contribution is 7.89. The summed E-state index contributed by atoms with van der Waals surface area (Å²) in [6.45, 7) is 0.614. The summed E-state index contributed by atoms with van der Waals surface area (Å²) < 4.78 is 37.9. The molecule has 8 nitrogen and oxygen atoms in total. The van der Waals surface area contributed by atoms with Crippen LogP contribution in [0, 0.1) is 0 Å². The van der Waals surface area contributed by atoms with Crippen LogP contribution in [0.15, 0.2) is 35.2 Å². The van der Waals surface area contributed by atoms with E-state index < -0.39 is 15.9 Å². The second kappa shape index (κ2) is 8.74. The minimum Gasteiger partial charge on any atom is -0.497 e. The monoisotopic (exact) mass is 459 g/mol.